The summed E-state index contributed by atoms with van der Waals surface area (Å²) < 4.78 is 33.0. The van der Waals surface area contributed by atoms with Crippen LogP contribution in [0, 0.1) is 0 Å². The molecule has 0 saturated carbocycles. The molecule has 8 heteroatoms. The maximum atomic E-state index is 12.6. The second kappa shape index (κ2) is 6.97. The van der Waals surface area contributed by atoms with Gasteiger partial charge in [0.1, 0.15) is 16.9 Å². The van der Waals surface area contributed by atoms with Crippen molar-refractivity contribution in [1.82, 2.24) is 14.5 Å². The van der Waals surface area contributed by atoms with E-state index in [1.807, 2.05) is 0 Å². The molecular weight excluding hydrogens is 372 g/mol. The third-order valence-corrected chi connectivity index (χ3v) is 5.14. The smallest absolute Gasteiger partial charge is 0.271 e. The Morgan fingerprint density at radius 1 is 1.41 bits per heavy atom. The van der Waals surface area contributed by atoms with Crippen LogP contribution in [0.2, 0.25) is 25.7 Å². The first-order chi connectivity index (χ1) is 10.3. The molecule has 0 atom stereocenters. The summed E-state index contributed by atoms with van der Waals surface area (Å²) in [6.07, 6.45) is 2.16. The molecule has 120 valence electrons. The number of ether oxygens (including phenoxy) is 1. The molecule has 0 fully saturated rings. The van der Waals surface area contributed by atoms with Crippen LogP contribution in [0.1, 0.15) is 5.56 Å². The summed E-state index contributed by atoms with van der Waals surface area (Å²) in [5, 5.41) is 0. The Bertz CT molecular complexity index is 693. The van der Waals surface area contributed by atoms with Gasteiger partial charge in [-0.3, -0.25) is 0 Å². The second-order valence-corrected chi connectivity index (χ2v) is 12.6. The largest absolute Gasteiger partial charge is 0.361 e. The topological polar surface area (TPSA) is 39.9 Å². The van der Waals surface area contributed by atoms with Gasteiger partial charge in [-0.15, -0.1) is 0 Å². The summed E-state index contributed by atoms with van der Waals surface area (Å²) in [7, 11) is -1.15. The lowest BCUT2D eigenvalue weighted by molar-refractivity contribution is 0.0898. The van der Waals surface area contributed by atoms with Crippen molar-refractivity contribution in [2.24, 2.45) is 0 Å². The van der Waals surface area contributed by atoms with Crippen LogP contribution in [0.4, 0.5) is 8.78 Å². The lowest BCUT2D eigenvalue weighted by Gasteiger charge is -2.15. The average molecular weight is 390 g/mol. The molecule has 0 aliphatic carbocycles. The first-order valence-electron chi connectivity index (χ1n) is 6.88. The summed E-state index contributed by atoms with van der Waals surface area (Å²) in [5.74, 6) is 0. The summed E-state index contributed by atoms with van der Waals surface area (Å²) in [5.41, 5.74) is 1.29. The first kappa shape index (κ1) is 17.2. The highest BCUT2D eigenvalue weighted by molar-refractivity contribution is 9.10. The van der Waals surface area contributed by atoms with Crippen molar-refractivity contribution < 1.29 is 13.5 Å². The van der Waals surface area contributed by atoms with Gasteiger partial charge >= 0.3 is 0 Å². The highest BCUT2D eigenvalue weighted by atomic mass is 79.9. The molecule has 22 heavy (non-hydrogen) atoms. The van der Waals surface area contributed by atoms with Gasteiger partial charge in [-0.05, 0) is 22.0 Å². The van der Waals surface area contributed by atoms with Gasteiger partial charge in [0.25, 0.3) is 6.08 Å². The minimum Gasteiger partial charge on any atom is -0.361 e. The van der Waals surface area contributed by atoms with E-state index >= 15 is 0 Å². The zero-order valence-electron chi connectivity index (χ0n) is 12.7. The van der Waals surface area contributed by atoms with Crippen molar-refractivity contribution in [2.75, 3.05) is 6.61 Å². The Labute approximate surface area is 137 Å². The highest BCUT2D eigenvalue weighted by Gasteiger charge is 2.14. The minimum atomic E-state index is -1.76. The van der Waals surface area contributed by atoms with E-state index < -0.39 is 14.2 Å². The molecule has 0 aliphatic rings. The van der Waals surface area contributed by atoms with Crippen LogP contribution in [0.15, 0.2) is 23.1 Å². The van der Waals surface area contributed by atoms with E-state index in [0.717, 1.165) is 12.1 Å². The molecule has 2 aromatic rings. The van der Waals surface area contributed by atoms with Gasteiger partial charge in [0.05, 0.1) is 6.20 Å². The molecular formula is C14H18BrF2N3OSi. The quantitative estimate of drug-likeness (QED) is 0.528. The molecule has 2 heterocycles. The van der Waals surface area contributed by atoms with Gasteiger partial charge < -0.3 is 9.30 Å². The van der Waals surface area contributed by atoms with Gasteiger partial charge in [-0.1, -0.05) is 19.6 Å². The molecule has 0 amide bonds. The summed E-state index contributed by atoms with van der Waals surface area (Å²) in [4.78, 5) is 8.47. The Balaban J connectivity index is 2.21. The molecule has 0 bridgehead atoms. The summed E-state index contributed by atoms with van der Waals surface area (Å²) >= 11 is 3.21. The van der Waals surface area contributed by atoms with E-state index in [0.29, 0.717) is 27.9 Å². The number of rotatable bonds is 6. The van der Waals surface area contributed by atoms with Crippen molar-refractivity contribution in [3.8, 4) is 0 Å². The van der Waals surface area contributed by atoms with E-state index in [1.54, 1.807) is 17.0 Å². The normalized spacial score (nSPS) is 11.9. The van der Waals surface area contributed by atoms with E-state index in [1.165, 1.54) is 0 Å². The van der Waals surface area contributed by atoms with Crippen molar-refractivity contribution in [1.29, 1.82) is 0 Å². The van der Waals surface area contributed by atoms with Crippen molar-refractivity contribution in [3.63, 3.8) is 0 Å². The van der Waals surface area contributed by atoms with Crippen LogP contribution in [0.3, 0.4) is 0 Å². The lowest BCUT2D eigenvalue weighted by atomic mass is 10.3. The maximum Gasteiger partial charge on any atom is 0.271 e. The molecule has 0 aromatic carbocycles. The van der Waals surface area contributed by atoms with E-state index in [-0.39, 0.29) is 6.73 Å². The van der Waals surface area contributed by atoms with Crippen molar-refractivity contribution in [2.45, 2.75) is 32.4 Å². The number of halogens is 3. The molecule has 2 rings (SSSR count). The predicted octanol–water partition coefficient (Wildman–Crippen LogP) is 4.74. The Morgan fingerprint density at radius 2 is 2.14 bits per heavy atom. The Morgan fingerprint density at radius 3 is 2.77 bits per heavy atom. The van der Waals surface area contributed by atoms with Crippen molar-refractivity contribution in [3.05, 3.63) is 28.6 Å². The number of fused-ring (bicyclic) bond motifs is 1. The SMILES string of the molecule is C[Si](C)(C)CCOCn1cc(C=C(F)F)c2nc(Br)cnc21. The number of aromatic nitrogens is 3. The third-order valence-electron chi connectivity index (χ3n) is 3.06. The standard InChI is InChI=1S/C14H18BrF2N3OSi/c1-22(2,3)5-4-21-9-20-8-10(6-12(16)17)13-14(20)18-7-11(15)19-13/h6-8H,4-5,9H2,1-3H3. The fraction of sp³-hybridized carbons (Fsp3) is 0.429. The Hall–Kier alpha value is -1.12. The van der Waals surface area contributed by atoms with Crippen LogP contribution in [-0.4, -0.2) is 29.2 Å². The highest BCUT2D eigenvalue weighted by Crippen LogP contribution is 2.23. The fourth-order valence-electron chi connectivity index (χ4n) is 1.92. The molecule has 0 N–H and O–H groups in total. The Kier molecular flexibility index (Phi) is 5.46. The van der Waals surface area contributed by atoms with Gasteiger partial charge in [-0.25, -0.2) is 9.97 Å². The molecule has 0 unspecified atom stereocenters. The van der Waals surface area contributed by atoms with Crippen LogP contribution >= 0.6 is 15.9 Å². The summed E-state index contributed by atoms with van der Waals surface area (Å²) in [6, 6.07) is 1.05. The van der Waals surface area contributed by atoms with Crippen molar-refractivity contribution >= 4 is 41.2 Å². The van der Waals surface area contributed by atoms with Crippen LogP contribution in [-0.2, 0) is 11.5 Å². The minimum absolute atomic E-state index is 0.277. The zero-order valence-corrected chi connectivity index (χ0v) is 15.3. The molecule has 0 radical (unpaired) electrons. The van der Waals surface area contributed by atoms with E-state index in [4.69, 9.17) is 4.74 Å². The van der Waals surface area contributed by atoms with Crippen LogP contribution < -0.4 is 0 Å². The molecule has 4 nitrogen and oxygen atoms in total. The van der Waals surface area contributed by atoms with Gasteiger partial charge in [0, 0.05) is 32.5 Å². The molecule has 0 spiro atoms. The molecule has 2 aromatic heterocycles. The number of hydrogen-bond donors (Lipinski definition) is 0. The average Bonchev–Trinajstić information content (AvgIpc) is 2.70. The second-order valence-electron chi connectivity index (χ2n) is 6.20. The molecule has 0 aliphatic heterocycles. The predicted molar refractivity (Wildman–Crippen MR) is 89.5 cm³/mol. The zero-order chi connectivity index (χ0) is 16.3. The van der Waals surface area contributed by atoms with Gasteiger partial charge in [0.2, 0.25) is 0 Å². The summed E-state index contributed by atoms with van der Waals surface area (Å²) in [6.45, 7) is 7.76. The van der Waals surface area contributed by atoms with Gasteiger partial charge in [-0.2, -0.15) is 8.78 Å². The monoisotopic (exact) mass is 389 g/mol. The lowest BCUT2D eigenvalue weighted by Crippen LogP contribution is -2.22. The fourth-order valence-corrected chi connectivity index (χ4v) is 2.95. The van der Waals surface area contributed by atoms with Crippen LogP contribution in [0.25, 0.3) is 17.2 Å². The van der Waals surface area contributed by atoms with Crippen LogP contribution in [0.5, 0.6) is 0 Å². The van der Waals surface area contributed by atoms with E-state index in [9.17, 15) is 8.78 Å². The first-order valence-corrected chi connectivity index (χ1v) is 11.4. The van der Waals surface area contributed by atoms with Gasteiger partial charge in [0.15, 0.2) is 5.65 Å². The third kappa shape index (κ3) is 4.69. The number of hydrogen-bond acceptors (Lipinski definition) is 3. The molecule has 0 saturated heterocycles. The van der Waals surface area contributed by atoms with E-state index in [2.05, 4.69) is 45.5 Å². The maximum absolute atomic E-state index is 12.6. The number of nitrogens with zero attached hydrogens (tertiary/aromatic N) is 3.